The summed E-state index contributed by atoms with van der Waals surface area (Å²) in [5.41, 5.74) is 0.841. The summed E-state index contributed by atoms with van der Waals surface area (Å²) in [6.45, 7) is 0. The molecule has 1 heterocycles. The van der Waals surface area contributed by atoms with E-state index >= 15 is 0 Å². The van der Waals surface area contributed by atoms with Gasteiger partial charge >= 0.3 is 0 Å². The quantitative estimate of drug-likeness (QED) is 0.802. The summed E-state index contributed by atoms with van der Waals surface area (Å²) in [6, 6.07) is 9.04. The number of amides is 2. The highest BCUT2D eigenvalue weighted by atomic mass is 16.2. The van der Waals surface area contributed by atoms with Gasteiger partial charge in [0.05, 0.1) is 0 Å². The fourth-order valence-corrected chi connectivity index (χ4v) is 1.81. The van der Waals surface area contributed by atoms with E-state index < -0.39 is 0 Å². The normalized spacial score (nSPS) is 19.3. The second-order valence-corrected chi connectivity index (χ2v) is 3.89. The van der Waals surface area contributed by atoms with Crippen molar-refractivity contribution in [2.45, 2.75) is 18.9 Å². The van der Waals surface area contributed by atoms with E-state index in [4.69, 9.17) is 0 Å². The second kappa shape index (κ2) is 4.35. The van der Waals surface area contributed by atoms with Crippen molar-refractivity contribution in [3.05, 3.63) is 30.3 Å². The highest BCUT2D eigenvalue weighted by Crippen LogP contribution is 2.15. The van der Waals surface area contributed by atoms with Crippen molar-refractivity contribution in [3.8, 4) is 0 Å². The molecule has 0 aliphatic carbocycles. The minimum atomic E-state index is -0.363. The molecule has 1 fully saturated rings. The number of nitrogens with zero attached hydrogens (tertiary/aromatic N) is 1. The summed E-state index contributed by atoms with van der Waals surface area (Å²) in [7, 11) is 1.72. The fraction of sp³-hybridized carbons (Fsp3) is 0.333. The third-order valence-electron chi connectivity index (χ3n) is 2.77. The molecule has 1 N–H and O–H groups in total. The van der Waals surface area contributed by atoms with Gasteiger partial charge in [-0.25, -0.2) is 0 Å². The van der Waals surface area contributed by atoms with Crippen molar-refractivity contribution in [2.75, 3.05) is 11.9 Å². The summed E-state index contributed by atoms with van der Waals surface area (Å²) in [5.74, 6) is -0.100. The lowest BCUT2D eigenvalue weighted by molar-refractivity contribution is -0.123. The first-order valence-corrected chi connectivity index (χ1v) is 5.30. The molecule has 0 spiro atoms. The van der Waals surface area contributed by atoms with Gasteiger partial charge in [-0.3, -0.25) is 9.59 Å². The van der Waals surface area contributed by atoms with E-state index in [1.54, 1.807) is 11.9 Å². The van der Waals surface area contributed by atoms with Gasteiger partial charge in [-0.05, 0) is 18.6 Å². The number of para-hydroxylation sites is 1. The van der Waals surface area contributed by atoms with Gasteiger partial charge in [0.25, 0.3) is 0 Å². The van der Waals surface area contributed by atoms with Gasteiger partial charge in [0.2, 0.25) is 11.8 Å². The van der Waals surface area contributed by atoms with Crippen LogP contribution in [0.5, 0.6) is 0 Å². The molecule has 2 amide bonds. The van der Waals surface area contributed by atoms with Crippen molar-refractivity contribution in [2.24, 2.45) is 0 Å². The fourth-order valence-electron chi connectivity index (χ4n) is 1.81. The predicted molar refractivity (Wildman–Crippen MR) is 61.0 cm³/mol. The number of hydrogen-bond donors (Lipinski definition) is 1. The van der Waals surface area contributed by atoms with Crippen molar-refractivity contribution < 1.29 is 9.59 Å². The SMILES string of the molecule is CN(C(=O)C1CCC(=O)N1)c1ccccc1. The van der Waals surface area contributed by atoms with Gasteiger partial charge in [-0.2, -0.15) is 0 Å². The zero-order valence-electron chi connectivity index (χ0n) is 9.14. The summed E-state index contributed by atoms with van der Waals surface area (Å²) in [6.07, 6.45) is 1.04. The van der Waals surface area contributed by atoms with Crippen LogP contribution in [0.4, 0.5) is 5.69 Å². The molecule has 1 saturated heterocycles. The molecule has 0 radical (unpaired) electrons. The summed E-state index contributed by atoms with van der Waals surface area (Å²) in [4.78, 5) is 24.6. The maximum atomic E-state index is 12.0. The number of hydrogen-bond acceptors (Lipinski definition) is 2. The van der Waals surface area contributed by atoms with E-state index in [9.17, 15) is 9.59 Å². The van der Waals surface area contributed by atoms with Crippen molar-refractivity contribution >= 4 is 17.5 Å². The van der Waals surface area contributed by atoms with Crippen molar-refractivity contribution in [3.63, 3.8) is 0 Å². The van der Waals surface area contributed by atoms with E-state index in [2.05, 4.69) is 5.32 Å². The van der Waals surface area contributed by atoms with Gasteiger partial charge < -0.3 is 10.2 Å². The molecule has 84 valence electrons. The molecule has 4 heteroatoms. The Bertz CT molecular complexity index is 403. The lowest BCUT2D eigenvalue weighted by atomic mass is 10.2. The lowest BCUT2D eigenvalue weighted by Crippen LogP contribution is -2.42. The molecule has 2 rings (SSSR count). The first-order chi connectivity index (χ1) is 7.68. The number of carbonyl (C=O) groups is 2. The van der Waals surface area contributed by atoms with E-state index in [0.717, 1.165) is 5.69 Å². The first-order valence-electron chi connectivity index (χ1n) is 5.30. The smallest absolute Gasteiger partial charge is 0.249 e. The zero-order valence-corrected chi connectivity index (χ0v) is 9.14. The largest absolute Gasteiger partial charge is 0.344 e. The maximum Gasteiger partial charge on any atom is 0.249 e. The Morgan fingerprint density at radius 2 is 2.06 bits per heavy atom. The third-order valence-corrected chi connectivity index (χ3v) is 2.77. The maximum absolute atomic E-state index is 12.0. The van der Waals surface area contributed by atoms with Crippen LogP contribution in [0.25, 0.3) is 0 Å². The summed E-state index contributed by atoms with van der Waals surface area (Å²) >= 11 is 0. The van der Waals surface area contributed by atoms with Gasteiger partial charge in [0.1, 0.15) is 6.04 Å². The van der Waals surface area contributed by atoms with Crippen LogP contribution in [0.3, 0.4) is 0 Å². The van der Waals surface area contributed by atoms with Crippen LogP contribution >= 0.6 is 0 Å². The molecule has 1 aromatic rings. The molecule has 16 heavy (non-hydrogen) atoms. The number of carbonyl (C=O) groups excluding carboxylic acids is 2. The van der Waals surface area contributed by atoms with Gasteiger partial charge in [-0.1, -0.05) is 18.2 Å². The van der Waals surface area contributed by atoms with Crippen LogP contribution in [0.1, 0.15) is 12.8 Å². The molecule has 4 nitrogen and oxygen atoms in total. The monoisotopic (exact) mass is 218 g/mol. The van der Waals surface area contributed by atoms with Crippen LogP contribution in [0.15, 0.2) is 30.3 Å². The highest BCUT2D eigenvalue weighted by molar-refractivity contribution is 6.00. The minimum absolute atomic E-state index is 0.0418. The number of nitrogens with one attached hydrogen (secondary N) is 1. The van der Waals surface area contributed by atoms with Gasteiger partial charge in [0, 0.05) is 19.2 Å². The van der Waals surface area contributed by atoms with E-state index in [-0.39, 0.29) is 17.9 Å². The van der Waals surface area contributed by atoms with Gasteiger partial charge in [-0.15, -0.1) is 0 Å². The number of likely N-dealkylation sites (N-methyl/N-ethyl adjacent to an activating group) is 1. The predicted octanol–water partition coefficient (Wildman–Crippen LogP) is 0.928. The Labute approximate surface area is 94.2 Å². The molecule has 1 unspecified atom stereocenters. The third kappa shape index (κ3) is 2.05. The molecular weight excluding hydrogens is 204 g/mol. The molecule has 0 saturated carbocycles. The first kappa shape index (κ1) is 10.7. The second-order valence-electron chi connectivity index (χ2n) is 3.89. The molecular formula is C12H14N2O2. The Morgan fingerprint density at radius 1 is 1.38 bits per heavy atom. The summed E-state index contributed by atoms with van der Waals surface area (Å²) < 4.78 is 0. The van der Waals surface area contributed by atoms with Crippen LogP contribution in [0.2, 0.25) is 0 Å². The van der Waals surface area contributed by atoms with E-state index in [1.807, 2.05) is 30.3 Å². The standard InChI is InChI=1S/C12H14N2O2/c1-14(9-5-3-2-4-6-9)12(16)10-7-8-11(15)13-10/h2-6,10H,7-8H2,1H3,(H,13,15). The topological polar surface area (TPSA) is 49.4 Å². The molecule has 1 aliphatic heterocycles. The average Bonchev–Trinajstić information content (AvgIpc) is 2.75. The van der Waals surface area contributed by atoms with E-state index in [1.165, 1.54) is 0 Å². The van der Waals surface area contributed by atoms with Crippen LogP contribution in [-0.2, 0) is 9.59 Å². The van der Waals surface area contributed by atoms with Crippen molar-refractivity contribution in [1.82, 2.24) is 5.32 Å². The molecule has 1 aromatic carbocycles. The Hall–Kier alpha value is -1.84. The minimum Gasteiger partial charge on any atom is -0.344 e. The Morgan fingerprint density at radius 3 is 2.62 bits per heavy atom. The van der Waals surface area contributed by atoms with E-state index in [0.29, 0.717) is 12.8 Å². The summed E-state index contributed by atoms with van der Waals surface area (Å²) in [5, 5.41) is 2.67. The zero-order chi connectivity index (χ0) is 11.5. The van der Waals surface area contributed by atoms with Crippen LogP contribution < -0.4 is 10.2 Å². The van der Waals surface area contributed by atoms with Crippen molar-refractivity contribution in [1.29, 1.82) is 0 Å². The van der Waals surface area contributed by atoms with Crippen LogP contribution in [-0.4, -0.2) is 24.9 Å². The Kier molecular flexibility index (Phi) is 2.90. The molecule has 0 bridgehead atoms. The van der Waals surface area contributed by atoms with Crippen LogP contribution in [0, 0.1) is 0 Å². The molecule has 0 aromatic heterocycles. The van der Waals surface area contributed by atoms with Gasteiger partial charge in [0.15, 0.2) is 0 Å². The molecule has 1 atom stereocenters. The Balaban J connectivity index is 2.08. The lowest BCUT2D eigenvalue weighted by Gasteiger charge is -2.20. The number of benzene rings is 1. The number of anilines is 1. The molecule has 1 aliphatic rings. The highest BCUT2D eigenvalue weighted by Gasteiger charge is 2.29. The number of rotatable bonds is 2. The average molecular weight is 218 g/mol.